The van der Waals surface area contributed by atoms with Gasteiger partial charge in [0.05, 0.1) is 0 Å². The number of aryl methyl sites for hydroxylation is 1. The molecule has 22 heavy (non-hydrogen) atoms. The maximum atomic E-state index is 11.4. The molecule has 3 N–H and O–H groups in total. The number of anilines is 1. The molecule has 1 rings (SSSR count). The van der Waals surface area contributed by atoms with Gasteiger partial charge in [-0.15, -0.1) is 0 Å². The van der Waals surface area contributed by atoms with Gasteiger partial charge in [0.15, 0.2) is 0 Å². The van der Waals surface area contributed by atoms with Gasteiger partial charge in [0.2, 0.25) is 5.91 Å². The summed E-state index contributed by atoms with van der Waals surface area (Å²) in [6.45, 7) is 8.67. The zero-order valence-corrected chi connectivity index (χ0v) is 14.0. The third kappa shape index (κ3) is 6.45. The second-order valence-corrected chi connectivity index (χ2v) is 5.61. The van der Waals surface area contributed by atoms with Gasteiger partial charge in [-0.1, -0.05) is 27.7 Å². The molecule has 124 valence electrons. The lowest BCUT2D eigenvalue weighted by molar-refractivity contribution is -0.115. The van der Waals surface area contributed by atoms with E-state index in [-0.39, 0.29) is 12.5 Å². The van der Waals surface area contributed by atoms with Gasteiger partial charge < -0.3 is 20.5 Å². The number of aliphatic hydroxyl groups is 1. The molecule has 0 heterocycles. The van der Waals surface area contributed by atoms with E-state index in [4.69, 9.17) is 4.74 Å². The van der Waals surface area contributed by atoms with Crippen molar-refractivity contribution in [3.05, 3.63) is 23.8 Å². The number of carbonyl (C=O) groups is 1. The van der Waals surface area contributed by atoms with Gasteiger partial charge in [0.25, 0.3) is 0 Å². The fourth-order valence-corrected chi connectivity index (χ4v) is 1.94. The first-order valence-electron chi connectivity index (χ1n) is 7.93. The van der Waals surface area contributed by atoms with E-state index in [0.29, 0.717) is 19.0 Å². The van der Waals surface area contributed by atoms with Gasteiger partial charge in [-0.25, -0.2) is 0 Å². The second-order valence-electron chi connectivity index (χ2n) is 5.61. The largest absolute Gasteiger partial charge is 0.491 e. The van der Waals surface area contributed by atoms with Crippen molar-refractivity contribution >= 4 is 11.6 Å². The van der Waals surface area contributed by atoms with E-state index in [9.17, 15) is 9.90 Å². The van der Waals surface area contributed by atoms with Crippen LogP contribution in [-0.2, 0) is 11.2 Å². The summed E-state index contributed by atoms with van der Waals surface area (Å²) in [5, 5.41) is 15.9. The smallest absolute Gasteiger partial charge is 0.224 e. The molecule has 1 aromatic rings. The van der Waals surface area contributed by atoms with Gasteiger partial charge in [-0.3, -0.25) is 4.79 Å². The Labute approximate surface area is 133 Å². The van der Waals surface area contributed by atoms with E-state index < -0.39 is 6.10 Å². The lowest BCUT2D eigenvalue weighted by Gasteiger charge is -2.17. The number of nitrogens with one attached hydrogen (secondary N) is 2. The molecule has 0 radical (unpaired) electrons. The van der Waals surface area contributed by atoms with E-state index in [1.165, 1.54) is 0 Å². The highest BCUT2D eigenvalue weighted by molar-refractivity contribution is 5.90. The Hall–Kier alpha value is -1.59. The van der Waals surface area contributed by atoms with Crippen molar-refractivity contribution in [3.63, 3.8) is 0 Å². The number of benzene rings is 1. The third-order valence-corrected chi connectivity index (χ3v) is 3.24. The molecule has 1 aromatic carbocycles. The van der Waals surface area contributed by atoms with E-state index in [1.54, 1.807) is 0 Å². The third-order valence-electron chi connectivity index (χ3n) is 3.24. The van der Waals surface area contributed by atoms with Crippen molar-refractivity contribution in [2.24, 2.45) is 0 Å². The highest BCUT2D eigenvalue weighted by Crippen LogP contribution is 2.23. The average Bonchev–Trinajstić information content (AvgIpc) is 2.51. The number of amides is 1. The zero-order chi connectivity index (χ0) is 16.5. The summed E-state index contributed by atoms with van der Waals surface area (Å²) in [5.74, 6) is 0.742. The molecule has 1 amide bonds. The summed E-state index contributed by atoms with van der Waals surface area (Å²) in [6.07, 6.45) is 0.701. The van der Waals surface area contributed by atoms with E-state index in [0.717, 1.165) is 23.4 Å². The predicted octanol–water partition coefficient (Wildman–Crippen LogP) is 2.34. The van der Waals surface area contributed by atoms with Crippen LogP contribution < -0.4 is 15.4 Å². The maximum absolute atomic E-state index is 11.4. The lowest BCUT2D eigenvalue weighted by Crippen LogP contribution is -2.35. The van der Waals surface area contributed by atoms with Crippen LogP contribution in [0.4, 0.5) is 5.69 Å². The van der Waals surface area contributed by atoms with Crippen LogP contribution in [0.1, 0.15) is 39.7 Å². The molecule has 0 aliphatic carbocycles. The lowest BCUT2D eigenvalue weighted by atomic mass is 10.1. The van der Waals surface area contributed by atoms with Crippen molar-refractivity contribution in [1.82, 2.24) is 5.32 Å². The summed E-state index contributed by atoms with van der Waals surface area (Å²) in [6, 6.07) is 5.91. The van der Waals surface area contributed by atoms with Crippen LogP contribution in [0.5, 0.6) is 5.75 Å². The molecule has 1 unspecified atom stereocenters. The highest BCUT2D eigenvalue weighted by Gasteiger charge is 2.09. The van der Waals surface area contributed by atoms with Crippen LogP contribution in [0.25, 0.3) is 0 Å². The van der Waals surface area contributed by atoms with E-state index >= 15 is 0 Å². The summed E-state index contributed by atoms with van der Waals surface area (Å²) < 4.78 is 5.71. The van der Waals surface area contributed by atoms with Crippen LogP contribution in [0.2, 0.25) is 0 Å². The van der Waals surface area contributed by atoms with Crippen LogP contribution in [0.15, 0.2) is 18.2 Å². The Morgan fingerprint density at radius 1 is 1.32 bits per heavy atom. The molecule has 0 aromatic heterocycles. The molecule has 0 saturated heterocycles. The molecular weight excluding hydrogens is 280 g/mol. The number of hydrogen-bond donors (Lipinski definition) is 3. The summed E-state index contributed by atoms with van der Waals surface area (Å²) >= 11 is 0. The molecule has 0 saturated carbocycles. The Morgan fingerprint density at radius 3 is 2.64 bits per heavy atom. The quantitative estimate of drug-likeness (QED) is 0.655. The normalized spacial score (nSPS) is 12.3. The number of hydrogen-bond acceptors (Lipinski definition) is 4. The zero-order valence-electron chi connectivity index (χ0n) is 14.0. The van der Waals surface area contributed by atoms with Crippen molar-refractivity contribution < 1.29 is 14.6 Å². The van der Waals surface area contributed by atoms with Gasteiger partial charge in [0.1, 0.15) is 18.5 Å². The highest BCUT2D eigenvalue weighted by atomic mass is 16.5. The number of ether oxygens (including phenoxy) is 1. The Balaban J connectivity index is 2.61. The molecule has 0 bridgehead atoms. The molecule has 0 spiro atoms. The van der Waals surface area contributed by atoms with Gasteiger partial charge in [-0.2, -0.15) is 0 Å². The Bertz CT molecular complexity index is 475. The van der Waals surface area contributed by atoms with Crippen molar-refractivity contribution in [1.29, 1.82) is 0 Å². The Morgan fingerprint density at radius 2 is 2.05 bits per heavy atom. The second kappa shape index (κ2) is 9.43. The number of carbonyl (C=O) groups excluding carboxylic acids is 1. The minimum absolute atomic E-state index is 0.00842. The van der Waals surface area contributed by atoms with Crippen LogP contribution in [-0.4, -0.2) is 36.3 Å². The molecular formula is C17H28N2O3. The van der Waals surface area contributed by atoms with Crippen LogP contribution >= 0.6 is 0 Å². The van der Waals surface area contributed by atoms with E-state index in [2.05, 4.69) is 10.6 Å². The minimum Gasteiger partial charge on any atom is -0.491 e. The summed E-state index contributed by atoms with van der Waals surface area (Å²) in [4.78, 5) is 11.4. The predicted molar refractivity (Wildman–Crippen MR) is 89.4 cm³/mol. The minimum atomic E-state index is -0.549. The Kier molecular flexibility index (Phi) is 7.91. The SMILES string of the molecule is CCC(=O)Nc1ccc(OCC(O)CNC(C)C)c(CC)c1. The van der Waals surface area contributed by atoms with Crippen LogP contribution in [0, 0.1) is 0 Å². The fourth-order valence-electron chi connectivity index (χ4n) is 1.94. The average molecular weight is 308 g/mol. The topological polar surface area (TPSA) is 70.6 Å². The van der Waals surface area contributed by atoms with E-state index in [1.807, 2.05) is 45.9 Å². The first kappa shape index (κ1) is 18.5. The molecule has 1 atom stereocenters. The number of rotatable bonds is 9. The number of aliphatic hydroxyl groups excluding tert-OH is 1. The standard InChI is InChI=1S/C17H28N2O3/c1-5-13-9-14(19-17(21)6-2)7-8-16(13)22-11-15(20)10-18-12(3)4/h7-9,12,15,18,20H,5-6,10-11H2,1-4H3,(H,19,21). The molecule has 0 aliphatic heterocycles. The van der Waals surface area contributed by atoms with Crippen LogP contribution in [0.3, 0.4) is 0 Å². The fraction of sp³-hybridized carbons (Fsp3) is 0.588. The van der Waals surface area contributed by atoms with Crippen molar-refractivity contribution in [2.75, 3.05) is 18.5 Å². The monoisotopic (exact) mass is 308 g/mol. The van der Waals surface area contributed by atoms with Crippen molar-refractivity contribution in [3.8, 4) is 5.75 Å². The molecule has 5 heteroatoms. The summed E-state index contributed by atoms with van der Waals surface area (Å²) in [5.41, 5.74) is 1.79. The van der Waals surface area contributed by atoms with Gasteiger partial charge in [-0.05, 0) is 30.2 Å². The molecule has 5 nitrogen and oxygen atoms in total. The van der Waals surface area contributed by atoms with Crippen molar-refractivity contribution in [2.45, 2.75) is 52.7 Å². The van der Waals surface area contributed by atoms with Gasteiger partial charge in [0, 0.05) is 24.7 Å². The molecule has 0 fully saturated rings. The maximum Gasteiger partial charge on any atom is 0.224 e. The first-order chi connectivity index (χ1) is 10.5. The summed E-state index contributed by atoms with van der Waals surface area (Å²) in [7, 11) is 0. The molecule has 0 aliphatic rings. The first-order valence-corrected chi connectivity index (χ1v) is 7.93. The van der Waals surface area contributed by atoms with Gasteiger partial charge >= 0.3 is 0 Å².